The van der Waals surface area contributed by atoms with Gasteiger partial charge in [0.1, 0.15) is 5.82 Å². The Balaban J connectivity index is 1.71. The third-order valence-electron chi connectivity index (χ3n) is 3.62. The lowest BCUT2D eigenvalue weighted by Gasteiger charge is -2.08. The topological polar surface area (TPSA) is 84.1 Å². The van der Waals surface area contributed by atoms with E-state index in [1.807, 2.05) is 55.5 Å². The molecule has 1 atom stereocenters. The van der Waals surface area contributed by atoms with Crippen molar-refractivity contribution in [3.8, 4) is 0 Å². The number of aromatic amines is 1. The molecule has 0 amide bonds. The number of rotatable bonds is 4. The van der Waals surface area contributed by atoms with Crippen molar-refractivity contribution in [2.75, 3.05) is 0 Å². The SMILES string of the molecule is C[C@H](N=C(N)SCc1nc2ccccc2c(=O)[nH]1)c1ccccc1. The van der Waals surface area contributed by atoms with Gasteiger partial charge < -0.3 is 10.7 Å². The first-order valence-electron chi connectivity index (χ1n) is 7.62. The first-order chi connectivity index (χ1) is 11.6. The molecule has 0 aliphatic heterocycles. The lowest BCUT2D eigenvalue weighted by molar-refractivity contribution is 0.822. The van der Waals surface area contributed by atoms with Crippen LogP contribution in [-0.2, 0) is 5.75 Å². The van der Waals surface area contributed by atoms with E-state index in [1.165, 1.54) is 11.8 Å². The fraction of sp³-hybridized carbons (Fsp3) is 0.167. The third kappa shape index (κ3) is 3.83. The van der Waals surface area contributed by atoms with Crippen molar-refractivity contribution in [2.45, 2.75) is 18.7 Å². The Hall–Kier alpha value is -2.60. The zero-order valence-corrected chi connectivity index (χ0v) is 14.1. The van der Waals surface area contributed by atoms with Crippen LogP contribution in [0.3, 0.4) is 0 Å². The first-order valence-corrected chi connectivity index (χ1v) is 8.61. The van der Waals surface area contributed by atoms with Gasteiger partial charge in [0.2, 0.25) is 0 Å². The van der Waals surface area contributed by atoms with E-state index in [4.69, 9.17) is 5.73 Å². The number of fused-ring (bicyclic) bond motifs is 1. The molecule has 0 spiro atoms. The van der Waals surface area contributed by atoms with Crippen LogP contribution in [0.15, 0.2) is 64.4 Å². The molecule has 0 radical (unpaired) electrons. The van der Waals surface area contributed by atoms with Crippen molar-refractivity contribution in [3.05, 3.63) is 76.3 Å². The van der Waals surface area contributed by atoms with Crippen molar-refractivity contribution in [2.24, 2.45) is 10.7 Å². The number of nitrogens with one attached hydrogen (secondary N) is 1. The second kappa shape index (κ2) is 7.31. The smallest absolute Gasteiger partial charge is 0.258 e. The van der Waals surface area contributed by atoms with E-state index in [9.17, 15) is 4.79 Å². The quantitative estimate of drug-likeness (QED) is 0.565. The van der Waals surface area contributed by atoms with Crippen LogP contribution in [0.5, 0.6) is 0 Å². The van der Waals surface area contributed by atoms with E-state index in [0.29, 0.717) is 27.6 Å². The summed E-state index contributed by atoms with van der Waals surface area (Å²) in [6, 6.07) is 17.2. The van der Waals surface area contributed by atoms with Crippen molar-refractivity contribution in [3.63, 3.8) is 0 Å². The maximum atomic E-state index is 12.0. The van der Waals surface area contributed by atoms with Gasteiger partial charge in [-0.05, 0) is 24.6 Å². The lowest BCUT2D eigenvalue weighted by Crippen LogP contribution is -2.13. The molecule has 0 unspecified atom stereocenters. The number of hydrogen-bond acceptors (Lipinski definition) is 4. The number of para-hydroxylation sites is 1. The molecule has 0 fully saturated rings. The van der Waals surface area contributed by atoms with Gasteiger partial charge in [0.15, 0.2) is 5.17 Å². The van der Waals surface area contributed by atoms with E-state index in [-0.39, 0.29) is 11.6 Å². The van der Waals surface area contributed by atoms with Gasteiger partial charge in [-0.3, -0.25) is 9.79 Å². The van der Waals surface area contributed by atoms with Crippen molar-refractivity contribution in [1.82, 2.24) is 9.97 Å². The minimum absolute atomic E-state index is 0.0117. The highest BCUT2D eigenvalue weighted by Gasteiger charge is 2.07. The normalized spacial score (nSPS) is 13.1. The van der Waals surface area contributed by atoms with Crippen LogP contribution < -0.4 is 11.3 Å². The molecule has 24 heavy (non-hydrogen) atoms. The van der Waals surface area contributed by atoms with Gasteiger partial charge in [-0.15, -0.1) is 0 Å². The average Bonchev–Trinajstić information content (AvgIpc) is 2.61. The Kier molecular flexibility index (Phi) is 4.96. The fourth-order valence-corrected chi connectivity index (χ4v) is 3.03. The molecule has 1 aromatic heterocycles. The molecule has 0 saturated heterocycles. The number of aromatic nitrogens is 2. The van der Waals surface area contributed by atoms with Gasteiger partial charge >= 0.3 is 0 Å². The molecule has 3 rings (SSSR count). The predicted octanol–water partition coefficient (Wildman–Crippen LogP) is 3.23. The van der Waals surface area contributed by atoms with Crippen molar-refractivity contribution in [1.29, 1.82) is 0 Å². The number of benzene rings is 2. The Morgan fingerprint density at radius 2 is 1.92 bits per heavy atom. The second-order valence-corrected chi connectivity index (χ2v) is 6.37. The summed E-state index contributed by atoms with van der Waals surface area (Å²) >= 11 is 1.36. The summed E-state index contributed by atoms with van der Waals surface area (Å²) in [5.74, 6) is 1.06. The molecule has 5 nitrogen and oxygen atoms in total. The molecule has 3 aromatic rings. The van der Waals surface area contributed by atoms with Gasteiger partial charge in [-0.25, -0.2) is 4.98 Å². The number of amidine groups is 1. The number of hydrogen-bond donors (Lipinski definition) is 2. The van der Waals surface area contributed by atoms with Gasteiger partial charge in [0.05, 0.1) is 22.7 Å². The number of H-pyrrole nitrogens is 1. The third-order valence-corrected chi connectivity index (χ3v) is 4.44. The van der Waals surface area contributed by atoms with Crippen LogP contribution in [0.25, 0.3) is 10.9 Å². The van der Waals surface area contributed by atoms with Gasteiger partial charge in [-0.1, -0.05) is 54.2 Å². The van der Waals surface area contributed by atoms with Crippen LogP contribution >= 0.6 is 11.8 Å². The summed E-state index contributed by atoms with van der Waals surface area (Å²) in [4.78, 5) is 23.8. The largest absolute Gasteiger partial charge is 0.379 e. The summed E-state index contributed by atoms with van der Waals surface area (Å²) in [7, 11) is 0. The highest BCUT2D eigenvalue weighted by Crippen LogP contribution is 2.18. The molecule has 0 aliphatic carbocycles. The summed E-state index contributed by atoms with van der Waals surface area (Å²) in [6.07, 6.45) is 0. The molecular weight excluding hydrogens is 320 g/mol. The minimum atomic E-state index is -0.135. The predicted molar refractivity (Wildman–Crippen MR) is 100 cm³/mol. The number of thioether (sulfide) groups is 1. The molecule has 2 aromatic carbocycles. The van der Waals surface area contributed by atoms with Crippen LogP contribution in [0.1, 0.15) is 24.4 Å². The van der Waals surface area contributed by atoms with Crippen molar-refractivity contribution < 1.29 is 0 Å². The number of aliphatic imine (C=N–C) groups is 1. The molecule has 6 heteroatoms. The first kappa shape index (κ1) is 16.3. The molecule has 0 aliphatic rings. The molecule has 0 saturated carbocycles. The van der Waals surface area contributed by atoms with E-state index in [1.54, 1.807) is 6.07 Å². The summed E-state index contributed by atoms with van der Waals surface area (Å²) in [5, 5.41) is 1.06. The highest BCUT2D eigenvalue weighted by atomic mass is 32.2. The summed E-state index contributed by atoms with van der Waals surface area (Å²) < 4.78 is 0. The van der Waals surface area contributed by atoms with Crippen LogP contribution in [-0.4, -0.2) is 15.1 Å². The Morgan fingerprint density at radius 1 is 1.21 bits per heavy atom. The average molecular weight is 338 g/mol. The Labute approximate surface area is 144 Å². The van der Waals surface area contributed by atoms with Crippen LogP contribution in [0.2, 0.25) is 0 Å². The Bertz CT molecular complexity index is 921. The lowest BCUT2D eigenvalue weighted by atomic mass is 10.1. The molecular formula is C18H18N4OS. The number of nitrogens with zero attached hydrogens (tertiary/aromatic N) is 2. The summed E-state index contributed by atoms with van der Waals surface area (Å²) in [5.41, 5.74) is 7.66. The van der Waals surface area contributed by atoms with Gasteiger partial charge in [0, 0.05) is 0 Å². The maximum absolute atomic E-state index is 12.0. The van der Waals surface area contributed by atoms with E-state index < -0.39 is 0 Å². The molecule has 1 heterocycles. The van der Waals surface area contributed by atoms with Gasteiger partial charge in [-0.2, -0.15) is 0 Å². The molecule has 3 N–H and O–H groups in total. The zero-order chi connectivity index (χ0) is 16.9. The highest BCUT2D eigenvalue weighted by molar-refractivity contribution is 8.13. The van der Waals surface area contributed by atoms with E-state index >= 15 is 0 Å². The van der Waals surface area contributed by atoms with Crippen LogP contribution in [0.4, 0.5) is 0 Å². The summed E-state index contributed by atoms with van der Waals surface area (Å²) in [6.45, 7) is 2.00. The second-order valence-electron chi connectivity index (χ2n) is 5.37. The molecule has 0 bridgehead atoms. The van der Waals surface area contributed by atoms with Gasteiger partial charge in [0.25, 0.3) is 5.56 Å². The standard InChI is InChI=1S/C18H18N4OS/c1-12(13-7-3-2-4-8-13)20-18(19)24-11-16-21-15-10-6-5-9-14(15)17(23)22-16/h2-10,12H,11H2,1H3,(H2,19,20)(H,21,22,23)/t12-/m0/s1. The maximum Gasteiger partial charge on any atom is 0.258 e. The molecule has 122 valence electrons. The van der Waals surface area contributed by atoms with E-state index in [0.717, 1.165) is 5.56 Å². The number of nitrogens with two attached hydrogens (primary N) is 1. The van der Waals surface area contributed by atoms with Crippen LogP contribution in [0, 0.1) is 0 Å². The van der Waals surface area contributed by atoms with Crippen molar-refractivity contribution >= 4 is 27.8 Å². The Morgan fingerprint density at radius 3 is 2.71 bits per heavy atom. The minimum Gasteiger partial charge on any atom is -0.379 e. The fourth-order valence-electron chi connectivity index (χ4n) is 2.38. The van der Waals surface area contributed by atoms with E-state index in [2.05, 4.69) is 15.0 Å². The zero-order valence-electron chi connectivity index (χ0n) is 13.3. The monoisotopic (exact) mass is 338 g/mol.